The van der Waals surface area contributed by atoms with Crippen molar-refractivity contribution in [2.75, 3.05) is 6.79 Å². The van der Waals surface area contributed by atoms with Crippen LogP contribution in [0.2, 0.25) is 0 Å². The number of thioether (sulfide) groups is 1. The Morgan fingerprint density at radius 2 is 1.86 bits per heavy atom. The third kappa shape index (κ3) is 3.48. The third-order valence-electron chi connectivity index (χ3n) is 4.13. The predicted octanol–water partition coefficient (Wildman–Crippen LogP) is 4.32. The van der Waals surface area contributed by atoms with Crippen LogP contribution in [0.3, 0.4) is 0 Å². The molecule has 0 bridgehead atoms. The molecular formula is C18H11BrN2O6S. The Kier molecular flexibility index (Phi) is 4.82. The van der Waals surface area contributed by atoms with Gasteiger partial charge in [-0.15, -0.1) is 0 Å². The lowest BCUT2D eigenvalue weighted by Gasteiger charge is -2.12. The molecule has 8 nitrogen and oxygen atoms in total. The summed E-state index contributed by atoms with van der Waals surface area (Å²) in [5.74, 6) is 0.128. The molecule has 0 aromatic heterocycles. The summed E-state index contributed by atoms with van der Waals surface area (Å²) in [4.78, 5) is 37.0. The highest BCUT2D eigenvalue weighted by molar-refractivity contribution is 9.10. The molecule has 0 saturated carbocycles. The van der Waals surface area contributed by atoms with E-state index in [9.17, 15) is 19.7 Å². The van der Waals surface area contributed by atoms with E-state index in [1.54, 1.807) is 12.1 Å². The monoisotopic (exact) mass is 462 g/mol. The number of imide groups is 1. The van der Waals surface area contributed by atoms with Crippen LogP contribution in [-0.2, 0) is 11.3 Å². The van der Waals surface area contributed by atoms with Gasteiger partial charge in [0.15, 0.2) is 11.5 Å². The highest BCUT2D eigenvalue weighted by Crippen LogP contribution is 2.41. The average Bonchev–Trinajstić information content (AvgIpc) is 3.22. The summed E-state index contributed by atoms with van der Waals surface area (Å²) in [6.07, 6.45) is 1.34. The number of nitro benzene ring substituents is 1. The minimum atomic E-state index is -0.570. The first-order chi connectivity index (χ1) is 13.4. The van der Waals surface area contributed by atoms with E-state index in [1.165, 1.54) is 18.2 Å². The van der Waals surface area contributed by atoms with Crippen molar-refractivity contribution in [2.45, 2.75) is 6.54 Å². The van der Waals surface area contributed by atoms with Gasteiger partial charge in [-0.05, 0) is 41.6 Å². The van der Waals surface area contributed by atoms with Gasteiger partial charge in [0.1, 0.15) is 0 Å². The smallest absolute Gasteiger partial charge is 0.293 e. The second kappa shape index (κ2) is 7.28. The van der Waals surface area contributed by atoms with E-state index in [0.29, 0.717) is 5.75 Å². The molecule has 10 heteroatoms. The zero-order valence-electron chi connectivity index (χ0n) is 14.1. The second-order valence-electron chi connectivity index (χ2n) is 5.92. The van der Waals surface area contributed by atoms with Gasteiger partial charge in [0.25, 0.3) is 16.8 Å². The molecule has 2 amide bonds. The van der Waals surface area contributed by atoms with Gasteiger partial charge in [-0.25, -0.2) is 0 Å². The number of benzene rings is 2. The number of nitro groups is 1. The van der Waals surface area contributed by atoms with Crippen molar-refractivity contribution in [3.63, 3.8) is 0 Å². The Morgan fingerprint density at radius 3 is 2.54 bits per heavy atom. The second-order valence-corrected chi connectivity index (χ2v) is 7.82. The molecule has 0 unspecified atom stereocenters. The first-order valence-corrected chi connectivity index (χ1v) is 9.61. The molecule has 0 N–H and O–H groups in total. The van der Waals surface area contributed by atoms with Crippen molar-refractivity contribution >= 4 is 50.6 Å². The van der Waals surface area contributed by atoms with Crippen LogP contribution in [0.4, 0.5) is 10.5 Å². The Bertz CT molecular complexity index is 1040. The molecule has 0 radical (unpaired) electrons. The molecule has 2 aromatic rings. The van der Waals surface area contributed by atoms with Gasteiger partial charge in [0.05, 0.1) is 28.0 Å². The molecule has 2 aliphatic heterocycles. The molecule has 0 spiro atoms. The normalized spacial score (nSPS) is 16.9. The van der Waals surface area contributed by atoms with Gasteiger partial charge < -0.3 is 9.47 Å². The highest BCUT2D eigenvalue weighted by atomic mass is 79.9. The molecule has 1 saturated heterocycles. The van der Waals surface area contributed by atoms with Crippen molar-refractivity contribution in [3.05, 3.63) is 67.0 Å². The molecule has 0 atom stereocenters. The minimum absolute atomic E-state index is 0.0281. The number of rotatable bonds is 4. The van der Waals surface area contributed by atoms with Crippen LogP contribution < -0.4 is 9.47 Å². The summed E-state index contributed by atoms with van der Waals surface area (Å²) in [7, 11) is 0. The van der Waals surface area contributed by atoms with Crippen molar-refractivity contribution < 1.29 is 24.0 Å². The quantitative estimate of drug-likeness (QED) is 0.378. The first kappa shape index (κ1) is 18.5. The standard InChI is InChI=1S/C18H11BrN2O6S/c19-12-3-1-10(2-4-12)8-20-17(22)16(28-18(20)23)6-11-5-14-15(27-9-26-14)7-13(11)21(24)25/h1-7H,8-9H2/b16-6-. The van der Waals surface area contributed by atoms with Crippen LogP contribution in [-0.4, -0.2) is 27.8 Å². The van der Waals surface area contributed by atoms with Gasteiger partial charge >= 0.3 is 0 Å². The van der Waals surface area contributed by atoms with Crippen LogP contribution >= 0.6 is 27.7 Å². The zero-order chi connectivity index (χ0) is 19.8. The number of hydrogen-bond acceptors (Lipinski definition) is 7. The van der Waals surface area contributed by atoms with E-state index in [-0.39, 0.29) is 35.2 Å². The lowest BCUT2D eigenvalue weighted by Crippen LogP contribution is -2.27. The lowest BCUT2D eigenvalue weighted by atomic mass is 10.1. The summed E-state index contributed by atoms with van der Waals surface area (Å²) in [5.41, 5.74) is 0.730. The van der Waals surface area contributed by atoms with E-state index < -0.39 is 16.1 Å². The van der Waals surface area contributed by atoms with Crippen LogP contribution in [0.15, 0.2) is 45.8 Å². The number of amides is 2. The maximum atomic E-state index is 12.7. The molecule has 142 valence electrons. The molecule has 1 fully saturated rings. The van der Waals surface area contributed by atoms with Crippen molar-refractivity contribution in [3.8, 4) is 11.5 Å². The Morgan fingerprint density at radius 1 is 1.18 bits per heavy atom. The Balaban J connectivity index is 1.64. The van der Waals surface area contributed by atoms with Crippen LogP contribution in [0.1, 0.15) is 11.1 Å². The highest BCUT2D eigenvalue weighted by Gasteiger charge is 2.36. The summed E-state index contributed by atoms with van der Waals surface area (Å²) in [6, 6.07) is 9.93. The minimum Gasteiger partial charge on any atom is -0.454 e. The Labute approximate surface area is 171 Å². The average molecular weight is 463 g/mol. The van der Waals surface area contributed by atoms with Crippen LogP contribution in [0, 0.1) is 10.1 Å². The number of hydrogen-bond donors (Lipinski definition) is 0. The maximum Gasteiger partial charge on any atom is 0.293 e. The fourth-order valence-electron chi connectivity index (χ4n) is 2.77. The van der Waals surface area contributed by atoms with Gasteiger partial charge in [0, 0.05) is 4.47 Å². The summed E-state index contributed by atoms with van der Waals surface area (Å²) in [5, 5.41) is 11.0. The third-order valence-corrected chi connectivity index (χ3v) is 5.57. The maximum absolute atomic E-state index is 12.7. The van der Waals surface area contributed by atoms with E-state index >= 15 is 0 Å². The SMILES string of the molecule is O=C1S/C(=C\c2cc3c(cc2[N+](=O)[O-])OCO3)C(=O)N1Cc1ccc(Br)cc1. The largest absolute Gasteiger partial charge is 0.454 e. The fourth-order valence-corrected chi connectivity index (χ4v) is 3.86. The predicted molar refractivity (Wildman–Crippen MR) is 105 cm³/mol. The van der Waals surface area contributed by atoms with Crippen molar-refractivity contribution in [1.29, 1.82) is 0 Å². The van der Waals surface area contributed by atoms with E-state index in [0.717, 1.165) is 26.7 Å². The molecule has 2 heterocycles. The molecule has 4 rings (SSSR count). The number of nitrogens with zero attached hydrogens (tertiary/aromatic N) is 2. The summed E-state index contributed by atoms with van der Waals surface area (Å²) in [6.45, 7) is 0.0954. The first-order valence-electron chi connectivity index (χ1n) is 8.00. The number of carbonyl (C=O) groups excluding carboxylic acids is 2. The number of halogens is 1. The van der Waals surface area contributed by atoms with Crippen LogP contribution in [0.25, 0.3) is 6.08 Å². The zero-order valence-corrected chi connectivity index (χ0v) is 16.5. The lowest BCUT2D eigenvalue weighted by molar-refractivity contribution is -0.385. The molecular weight excluding hydrogens is 452 g/mol. The van der Waals surface area contributed by atoms with Crippen molar-refractivity contribution in [2.24, 2.45) is 0 Å². The number of ether oxygens (including phenoxy) is 2. The van der Waals surface area contributed by atoms with Gasteiger partial charge in [-0.2, -0.15) is 0 Å². The molecule has 2 aromatic carbocycles. The topological polar surface area (TPSA) is 99.0 Å². The Hall–Kier alpha value is -2.85. The van der Waals surface area contributed by atoms with Gasteiger partial charge in [-0.3, -0.25) is 24.6 Å². The fraction of sp³-hybridized carbons (Fsp3) is 0.111. The molecule has 28 heavy (non-hydrogen) atoms. The van der Waals surface area contributed by atoms with Gasteiger partial charge in [0.2, 0.25) is 6.79 Å². The van der Waals surface area contributed by atoms with Crippen LogP contribution in [0.5, 0.6) is 11.5 Å². The molecule has 0 aliphatic carbocycles. The van der Waals surface area contributed by atoms with Gasteiger partial charge in [-0.1, -0.05) is 28.1 Å². The number of fused-ring (bicyclic) bond motifs is 1. The van der Waals surface area contributed by atoms with E-state index in [1.807, 2.05) is 12.1 Å². The molecule has 2 aliphatic rings. The van der Waals surface area contributed by atoms with E-state index in [2.05, 4.69) is 15.9 Å². The van der Waals surface area contributed by atoms with Crippen molar-refractivity contribution in [1.82, 2.24) is 4.90 Å². The summed E-state index contributed by atoms with van der Waals surface area (Å²) < 4.78 is 11.3. The number of carbonyl (C=O) groups is 2. The van der Waals surface area contributed by atoms with E-state index in [4.69, 9.17) is 9.47 Å². The summed E-state index contributed by atoms with van der Waals surface area (Å²) >= 11 is 4.08.